The number of ether oxygens (including phenoxy) is 1. The van der Waals surface area contributed by atoms with Crippen LogP contribution in [0.25, 0.3) is 0 Å². The molecule has 0 spiro atoms. The van der Waals surface area contributed by atoms with Gasteiger partial charge in [0, 0.05) is 12.5 Å². The summed E-state index contributed by atoms with van der Waals surface area (Å²) >= 11 is 5.96. The van der Waals surface area contributed by atoms with Crippen LogP contribution in [0.15, 0.2) is 30.6 Å². The quantitative estimate of drug-likeness (QED) is 0.872. The zero-order valence-electron chi connectivity index (χ0n) is 10.6. The van der Waals surface area contributed by atoms with Crippen LogP contribution in [0, 0.1) is 0 Å². The summed E-state index contributed by atoms with van der Waals surface area (Å²) in [5.41, 5.74) is 2.84. The molecule has 1 aromatic carbocycles. The smallest absolute Gasteiger partial charge is 0.198 e. The Labute approximate surface area is 116 Å². The van der Waals surface area contributed by atoms with Crippen molar-refractivity contribution in [2.45, 2.75) is 12.3 Å². The topological polar surface area (TPSA) is 47.0 Å². The van der Waals surface area contributed by atoms with Crippen molar-refractivity contribution < 1.29 is 4.74 Å². The average Bonchev–Trinajstić information content (AvgIpc) is 2.40. The second-order valence-corrected chi connectivity index (χ2v) is 4.89. The molecule has 1 atom stereocenters. The molecular weight excluding hydrogens is 262 g/mol. The van der Waals surface area contributed by atoms with Crippen molar-refractivity contribution in [2.75, 3.05) is 19.0 Å². The summed E-state index contributed by atoms with van der Waals surface area (Å²) in [5.74, 6) is 1.67. The van der Waals surface area contributed by atoms with E-state index in [1.807, 2.05) is 0 Å². The Balaban J connectivity index is 1.70. The molecule has 0 aliphatic heterocycles. The molecule has 1 aliphatic rings. The van der Waals surface area contributed by atoms with Crippen LogP contribution >= 0.6 is 11.6 Å². The Hall–Kier alpha value is -1.81. The van der Waals surface area contributed by atoms with Gasteiger partial charge >= 0.3 is 0 Å². The number of rotatable bonds is 4. The van der Waals surface area contributed by atoms with Crippen LogP contribution in [-0.2, 0) is 6.42 Å². The van der Waals surface area contributed by atoms with E-state index in [1.165, 1.54) is 17.5 Å². The van der Waals surface area contributed by atoms with Crippen molar-refractivity contribution >= 4 is 17.4 Å². The lowest BCUT2D eigenvalue weighted by molar-refractivity contribution is 0.412. The molecule has 1 N–H and O–H groups in total. The third kappa shape index (κ3) is 2.24. The number of anilines is 1. The molecule has 0 saturated heterocycles. The second-order valence-electron chi connectivity index (χ2n) is 4.53. The standard InChI is InChI=1S/C14H14ClN3O/c1-19-12-13(15)17-8-18-14(12)16-7-10-6-9-4-2-3-5-11(9)10/h2-5,8,10H,6-7H2,1H3,(H,16,17,18). The lowest BCUT2D eigenvalue weighted by atomic mass is 9.77. The summed E-state index contributed by atoms with van der Waals surface area (Å²) in [6.07, 6.45) is 2.53. The lowest BCUT2D eigenvalue weighted by Crippen LogP contribution is -2.24. The Kier molecular flexibility index (Phi) is 3.25. The zero-order valence-corrected chi connectivity index (χ0v) is 11.3. The first-order valence-electron chi connectivity index (χ1n) is 6.15. The molecule has 19 heavy (non-hydrogen) atoms. The summed E-state index contributed by atoms with van der Waals surface area (Å²) in [6, 6.07) is 8.51. The fourth-order valence-corrected chi connectivity index (χ4v) is 2.63. The van der Waals surface area contributed by atoms with Crippen LogP contribution in [-0.4, -0.2) is 23.6 Å². The summed E-state index contributed by atoms with van der Waals surface area (Å²) in [5, 5.41) is 3.62. The third-order valence-corrected chi connectivity index (χ3v) is 3.71. The second kappa shape index (κ2) is 5.05. The molecule has 0 saturated carbocycles. The van der Waals surface area contributed by atoms with Crippen LogP contribution < -0.4 is 10.1 Å². The number of methoxy groups -OCH3 is 1. The number of hydrogen-bond acceptors (Lipinski definition) is 4. The fourth-order valence-electron chi connectivity index (χ4n) is 2.42. The number of benzene rings is 1. The molecule has 1 unspecified atom stereocenters. The van der Waals surface area contributed by atoms with Gasteiger partial charge in [0.1, 0.15) is 6.33 Å². The number of fused-ring (bicyclic) bond motifs is 1. The van der Waals surface area contributed by atoms with E-state index in [9.17, 15) is 0 Å². The van der Waals surface area contributed by atoms with E-state index in [2.05, 4.69) is 39.6 Å². The fraction of sp³-hybridized carbons (Fsp3) is 0.286. The largest absolute Gasteiger partial charge is 0.490 e. The molecular formula is C14H14ClN3O. The molecule has 0 fully saturated rings. The van der Waals surface area contributed by atoms with Crippen molar-refractivity contribution in [2.24, 2.45) is 0 Å². The van der Waals surface area contributed by atoms with E-state index in [0.717, 1.165) is 13.0 Å². The van der Waals surface area contributed by atoms with E-state index in [4.69, 9.17) is 16.3 Å². The summed E-state index contributed by atoms with van der Waals surface area (Å²) < 4.78 is 5.21. The molecule has 1 heterocycles. The Morgan fingerprint density at radius 2 is 2.21 bits per heavy atom. The maximum Gasteiger partial charge on any atom is 0.198 e. The highest BCUT2D eigenvalue weighted by molar-refractivity contribution is 6.31. The average molecular weight is 276 g/mol. The number of nitrogens with zero attached hydrogens (tertiary/aromatic N) is 2. The first-order valence-corrected chi connectivity index (χ1v) is 6.53. The van der Waals surface area contributed by atoms with E-state index in [0.29, 0.717) is 22.6 Å². The highest BCUT2D eigenvalue weighted by atomic mass is 35.5. The predicted molar refractivity (Wildman–Crippen MR) is 75.0 cm³/mol. The number of halogens is 1. The first-order chi connectivity index (χ1) is 9.29. The first kappa shape index (κ1) is 12.2. The van der Waals surface area contributed by atoms with E-state index < -0.39 is 0 Å². The minimum Gasteiger partial charge on any atom is -0.490 e. The van der Waals surface area contributed by atoms with Crippen molar-refractivity contribution in [1.29, 1.82) is 0 Å². The van der Waals surface area contributed by atoms with Gasteiger partial charge in [-0.25, -0.2) is 9.97 Å². The van der Waals surface area contributed by atoms with Gasteiger partial charge in [0.05, 0.1) is 7.11 Å². The van der Waals surface area contributed by atoms with Gasteiger partial charge in [-0.2, -0.15) is 0 Å². The molecule has 4 nitrogen and oxygen atoms in total. The van der Waals surface area contributed by atoms with Crippen molar-refractivity contribution in [1.82, 2.24) is 9.97 Å². The summed E-state index contributed by atoms with van der Waals surface area (Å²) in [4.78, 5) is 8.06. The molecule has 98 valence electrons. The van der Waals surface area contributed by atoms with Crippen LogP contribution in [0.2, 0.25) is 5.15 Å². The van der Waals surface area contributed by atoms with E-state index in [-0.39, 0.29) is 0 Å². The van der Waals surface area contributed by atoms with Crippen molar-refractivity contribution in [3.05, 3.63) is 46.9 Å². The van der Waals surface area contributed by atoms with Gasteiger partial charge in [-0.15, -0.1) is 0 Å². The van der Waals surface area contributed by atoms with Gasteiger partial charge in [-0.1, -0.05) is 35.9 Å². The highest BCUT2D eigenvalue weighted by Crippen LogP contribution is 2.35. The molecule has 0 amide bonds. The molecule has 1 aliphatic carbocycles. The maximum absolute atomic E-state index is 5.96. The third-order valence-electron chi connectivity index (χ3n) is 3.44. The zero-order chi connectivity index (χ0) is 13.2. The minimum atomic E-state index is 0.328. The molecule has 0 bridgehead atoms. The normalized spacial score (nSPS) is 16.4. The number of nitrogens with one attached hydrogen (secondary N) is 1. The Morgan fingerprint density at radius 1 is 1.37 bits per heavy atom. The number of aromatic nitrogens is 2. The highest BCUT2D eigenvalue weighted by Gasteiger charge is 2.25. The molecule has 5 heteroatoms. The van der Waals surface area contributed by atoms with Crippen molar-refractivity contribution in [3.63, 3.8) is 0 Å². The van der Waals surface area contributed by atoms with Crippen molar-refractivity contribution in [3.8, 4) is 5.75 Å². The van der Waals surface area contributed by atoms with Gasteiger partial charge in [-0.3, -0.25) is 0 Å². The Morgan fingerprint density at radius 3 is 3.00 bits per heavy atom. The van der Waals surface area contributed by atoms with Crippen LogP contribution in [0.5, 0.6) is 5.75 Å². The van der Waals surface area contributed by atoms with Gasteiger partial charge in [0.15, 0.2) is 16.7 Å². The van der Waals surface area contributed by atoms with Gasteiger partial charge < -0.3 is 10.1 Å². The SMILES string of the molecule is COc1c(Cl)ncnc1NCC1Cc2ccccc21. The summed E-state index contributed by atoms with van der Waals surface area (Å²) in [6.45, 7) is 0.820. The van der Waals surface area contributed by atoms with E-state index >= 15 is 0 Å². The molecule has 3 rings (SSSR count). The summed E-state index contributed by atoms with van der Waals surface area (Å²) in [7, 11) is 1.56. The van der Waals surface area contributed by atoms with Crippen LogP contribution in [0.1, 0.15) is 17.0 Å². The predicted octanol–water partition coefficient (Wildman–Crippen LogP) is 2.89. The minimum absolute atomic E-state index is 0.328. The monoisotopic (exact) mass is 275 g/mol. The van der Waals surface area contributed by atoms with E-state index in [1.54, 1.807) is 7.11 Å². The van der Waals surface area contributed by atoms with Crippen LogP contribution in [0.3, 0.4) is 0 Å². The van der Waals surface area contributed by atoms with Gasteiger partial charge in [0.2, 0.25) is 0 Å². The number of hydrogen-bond donors (Lipinski definition) is 1. The Bertz CT molecular complexity index is 603. The van der Waals surface area contributed by atoms with Gasteiger partial charge in [0.25, 0.3) is 0 Å². The molecule has 2 aromatic rings. The molecule has 0 radical (unpaired) electrons. The lowest BCUT2D eigenvalue weighted by Gasteiger charge is -2.30. The van der Waals surface area contributed by atoms with Gasteiger partial charge in [-0.05, 0) is 17.5 Å². The molecule has 1 aromatic heterocycles. The van der Waals surface area contributed by atoms with Crippen LogP contribution in [0.4, 0.5) is 5.82 Å². The maximum atomic E-state index is 5.96.